The van der Waals surface area contributed by atoms with Crippen molar-refractivity contribution in [2.24, 2.45) is 0 Å². The van der Waals surface area contributed by atoms with E-state index in [4.69, 9.17) is 5.11 Å². The lowest BCUT2D eigenvalue weighted by molar-refractivity contribution is -0.137. The Balaban J connectivity index is 1.69. The summed E-state index contributed by atoms with van der Waals surface area (Å²) in [7, 11) is 0. The minimum absolute atomic E-state index is 0.337. The first-order valence-corrected chi connectivity index (χ1v) is 10.3. The summed E-state index contributed by atoms with van der Waals surface area (Å²) in [4.78, 5) is 14.7. The van der Waals surface area contributed by atoms with Gasteiger partial charge in [0.15, 0.2) is 0 Å². The van der Waals surface area contributed by atoms with Crippen LogP contribution in [0.1, 0.15) is 95.6 Å². The summed E-state index contributed by atoms with van der Waals surface area (Å²) in [6.07, 6.45) is 18.1. The number of hydrogen-bond acceptors (Lipinski definition) is 3. The molecule has 1 N–H and O–H groups in total. The quantitative estimate of drug-likeness (QED) is 0.363. The number of aliphatic carboxylic acids is 1. The van der Waals surface area contributed by atoms with Crippen LogP contribution in [0.4, 0.5) is 0 Å². The third-order valence-corrected chi connectivity index (χ3v) is 4.94. The molecule has 23 heavy (non-hydrogen) atoms. The van der Waals surface area contributed by atoms with Gasteiger partial charge in [0, 0.05) is 11.8 Å². The summed E-state index contributed by atoms with van der Waals surface area (Å²) in [6, 6.07) is 0. The van der Waals surface area contributed by atoms with Crippen molar-refractivity contribution in [1.29, 1.82) is 0 Å². The van der Waals surface area contributed by atoms with E-state index in [-0.39, 0.29) is 0 Å². The molecule has 1 rings (SSSR count). The predicted molar refractivity (Wildman–Crippen MR) is 98.1 cm³/mol. The van der Waals surface area contributed by atoms with E-state index in [1.54, 1.807) is 11.3 Å². The Morgan fingerprint density at radius 2 is 1.30 bits per heavy atom. The predicted octanol–water partition coefficient (Wildman–Crippen LogP) is 6.23. The molecule has 0 aliphatic heterocycles. The van der Waals surface area contributed by atoms with Gasteiger partial charge in [0.05, 0.1) is 11.2 Å². The minimum atomic E-state index is -0.659. The number of aryl methyl sites for hydroxylation is 1. The van der Waals surface area contributed by atoms with Gasteiger partial charge in [-0.15, -0.1) is 11.3 Å². The molecule has 0 bridgehead atoms. The van der Waals surface area contributed by atoms with Crippen LogP contribution in [0.15, 0.2) is 10.9 Å². The zero-order valence-corrected chi connectivity index (χ0v) is 15.3. The molecule has 0 unspecified atom stereocenters. The lowest BCUT2D eigenvalue weighted by Gasteiger charge is -2.03. The van der Waals surface area contributed by atoms with Crippen molar-refractivity contribution in [2.45, 2.75) is 96.3 Å². The Morgan fingerprint density at radius 1 is 0.826 bits per heavy atom. The molecule has 3 nitrogen and oxygen atoms in total. The zero-order chi connectivity index (χ0) is 16.6. The van der Waals surface area contributed by atoms with Crippen molar-refractivity contribution in [3.63, 3.8) is 0 Å². The molecule has 0 atom stereocenters. The Morgan fingerprint density at radius 3 is 1.74 bits per heavy atom. The van der Waals surface area contributed by atoms with Crippen molar-refractivity contribution < 1.29 is 9.90 Å². The molecule has 0 aliphatic rings. The van der Waals surface area contributed by atoms with Crippen LogP contribution in [0.25, 0.3) is 0 Å². The molecule has 0 radical (unpaired) electrons. The van der Waals surface area contributed by atoms with Gasteiger partial charge in [-0.1, -0.05) is 70.6 Å². The molecule has 0 saturated carbocycles. The van der Waals surface area contributed by atoms with E-state index >= 15 is 0 Å². The van der Waals surface area contributed by atoms with Crippen LogP contribution >= 0.6 is 11.3 Å². The van der Waals surface area contributed by atoms with Gasteiger partial charge < -0.3 is 5.11 Å². The topological polar surface area (TPSA) is 50.2 Å². The van der Waals surface area contributed by atoms with E-state index in [1.165, 1.54) is 76.3 Å². The second-order valence-electron chi connectivity index (χ2n) is 6.47. The molecule has 0 aromatic carbocycles. The standard InChI is InChI=1S/C19H33NO2S/c21-19(22)15-13-11-9-7-5-3-1-2-4-6-8-10-12-14-18-16-23-17-20-18/h16-17H,1-15H2,(H,21,22). The Labute approximate surface area is 145 Å². The summed E-state index contributed by atoms with van der Waals surface area (Å²) in [6.45, 7) is 0. The molecule has 4 heteroatoms. The summed E-state index contributed by atoms with van der Waals surface area (Å²) < 4.78 is 0. The Hall–Kier alpha value is -0.900. The van der Waals surface area contributed by atoms with Crippen LogP contribution in [0.2, 0.25) is 0 Å². The van der Waals surface area contributed by atoms with Crippen molar-refractivity contribution in [3.05, 3.63) is 16.6 Å². The van der Waals surface area contributed by atoms with Gasteiger partial charge >= 0.3 is 5.97 Å². The van der Waals surface area contributed by atoms with Gasteiger partial charge in [-0.3, -0.25) is 4.79 Å². The van der Waals surface area contributed by atoms with Crippen LogP contribution < -0.4 is 0 Å². The lowest BCUT2D eigenvalue weighted by atomic mass is 10.0. The number of unbranched alkanes of at least 4 members (excludes halogenated alkanes) is 12. The number of carboxylic acid groups (broad SMARTS) is 1. The van der Waals surface area contributed by atoms with E-state index < -0.39 is 5.97 Å². The maximum atomic E-state index is 10.4. The third kappa shape index (κ3) is 13.3. The van der Waals surface area contributed by atoms with Crippen LogP contribution in [0.3, 0.4) is 0 Å². The van der Waals surface area contributed by atoms with Gasteiger partial charge in [0.1, 0.15) is 0 Å². The van der Waals surface area contributed by atoms with Gasteiger partial charge in [-0.2, -0.15) is 0 Å². The normalized spacial score (nSPS) is 11.0. The number of aromatic nitrogens is 1. The second-order valence-corrected chi connectivity index (χ2v) is 7.19. The van der Waals surface area contributed by atoms with E-state index in [0.29, 0.717) is 6.42 Å². The summed E-state index contributed by atoms with van der Waals surface area (Å²) in [5.74, 6) is -0.659. The third-order valence-electron chi connectivity index (χ3n) is 4.31. The molecular formula is C19H33NO2S. The number of nitrogens with zero attached hydrogens (tertiary/aromatic N) is 1. The number of hydrogen-bond donors (Lipinski definition) is 1. The maximum Gasteiger partial charge on any atom is 0.303 e. The molecule has 0 saturated heterocycles. The molecule has 1 heterocycles. The molecular weight excluding hydrogens is 306 g/mol. The number of carboxylic acids is 1. The van der Waals surface area contributed by atoms with Gasteiger partial charge in [0.2, 0.25) is 0 Å². The number of rotatable bonds is 16. The van der Waals surface area contributed by atoms with Crippen LogP contribution in [0.5, 0.6) is 0 Å². The van der Waals surface area contributed by atoms with Crippen LogP contribution in [-0.2, 0) is 11.2 Å². The van der Waals surface area contributed by atoms with Gasteiger partial charge in [-0.05, 0) is 19.3 Å². The first kappa shape index (κ1) is 20.1. The van der Waals surface area contributed by atoms with Crippen molar-refractivity contribution in [2.75, 3.05) is 0 Å². The molecule has 1 aromatic heterocycles. The van der Waals surface area contributed by atoms with Crippen molar-refractivity contribution in [1.82, 2.24) is 4.98 Å². The van der Waals surface area contributed by atoms with E-state index in [1.807, 2.05) is 5.51 Å². The highest BCUT2D eigenvalue weighted by atomic mass is 32.1. The second kappa shape index (κ2) is 14.7. The van der Waals surface area contributed by atoms with Gasteiger partial charge in [0.25, 0.3) is 0 Å². The minimum Gasteiger partial charge on any atom is -0.481 e. The maximum absolute atomic E-state index is 10.4. The first-order valence-electron chi connectivity index (χ1n) is 9.38. The van der Waals surface area contributed by atoms with E-state index in [9.17, 15) is 4.79 Å². The summed E-state index contributed by atoms with van der Waals surface area (Å²) in [5, 5.41) is 10.7. The van der Waals surface area contributed by atoms with Crippen molar-refractivity contribution >= 4 is 17.3 Å². The van der Waals surface area contributed by atoms with E-state index in [0.717, 1.165) is 19.3 Å². The summed E-state index contributed by atoms with van der Waals surface area (Å²) >= 11 is 1.69. The number of thiazole rings is 1. The van der Waals surface area contributed by atoms with E-state index in [2.05, 4.69) is 10.4 Å². The fraction of sp³-hybridized carbons (Fsp3) is 0.789. The fourth-order valence-corrected chi connectivity index (χ4v) is 3.48. The molecule has 0 amide bonds. The molecule has 1 aromatic rings. The SMILES string of the molecule is O=C(O)CCCCCCCCCCCCCCCc1cscn1. The highest BCUT2D eigenvalue weighted by Crippen LogP contribution is 2.14. The smallest absolute Gasteiger partial charge is 0.303 e. The summed E-state index contributed by atoms with van der Waals surface area (Å²) in [5.41, 5.74) is 3.18. The monoisotopic (exact) mass is 339 g/mol. The van der Waals surface area contributed by atoms with Crippen molar-refractivity contribution in [3.8, 4) is 0 Å². The molecule has 132 valence electrons. The average molecular weight is 340 g/mol. The van der Waals surface area contributed by atoms with Crippen LogP contribution in [-0.4, -0.2) is 16.1 Å². The zero-order valence-electron chi connectivity index (χ0n) is 14.5. The first-order chi connectivity index (χ1) is 11.3. The number of carbonyl (C=O) groups is 1. The van der Waals surface area contributed by atoms with Crippen LogP contribution in [0, 0.1) is 0 Å². The average Bonchev–Trinajstić information content (AvgIpc) is 3.04. The fourth-order valence-electron chi connectivity index (χ4n) is 2.89. The molecule has 0 fully saturated rings. The largest absolute Gasteiger partial charge is 0.481 e. The highest BCUT2D eigenvalue weighted by molar-refractivity contribution is 7.07. The highest BCUT2D eigenvalue weighted by Gasteiger charge is 1.98. The lowest BCUT2D eigenvalue weighted by Crippen LogP contribution is -1.93. The van der Waals surface area contributed by atoms with Gasteiger partial charge in [-0.25, -0.2) is 4.98 Å². The molecule has 0 spiro atoms. The molecule has 0 aliphatic carbocycles. The Bertz CT molecular complexity index is 379. The Kier molecular flexibility index (Phi) is 12.9.